The van der Waals surface area contributed by atoms with Crippen LogP contribution in [-0.4, -0.2) is 19.8 Å². The smallest absolute Gasteiger partial charge is 0.208 e. The van der Waals surface area contributed by atoms with Crippen molar-refractivity contribution in [2.45, 2.75) is 23.6 Å². The second kappa shape index (κ2) is 6.15. The fraction of sp³-hybridized carbons (Fsp3) is 0.500. The third-order valence-electron chi connectivity index (χ3n) is 1.79. The number of hydrogen-bond donors (Lipinski definition) is 1. The fourth-order valence-electron chi connectivity index (χ4n) is 1.00. The van der Waals surface area contributed by atoms with E-state index in [9.17, 15) is 8.42 Å². The lowest BCUT2D eigenvalue weighted by molar-refractivity contribution is 0.559. The Morgan fingerprint density at radius 1 is 1.62 bits per heavy atom. The largest absolute Gasteiger partial charge is 0.250 e. The number of hydrogen-bond acceptors (Lipinski definition) is 3. The zero-order valence-electron chi connectivity index (χ0n) is 8.34. The van der Waals surface area contributed by atoms with Gasteiger partial charge in [-0.25, -0.2) is 13.1 Å². The van der Waals surface area contributed by atoms with Gasteiger partial charge < -0.3 is 0 Å². The first-order valence-corrected chi connectivity index (χ1v) is 8.99. The highest BCUT2D eigenvalue weighted by Crippen LogP contribution is 2.34. The molecule has 0 aliphatic heterocycles. The molecule has 1 aromatic heterocycles. The SMILES string of the molecule is CC(CCBr)NS(=O)(=O)c1cc(Cl)c(Br)s1. The van der Waals surface area contributed by atoms with Gasteiger partial charge in [-0.1, -0.05) is 27.5 Å². The molecule has 92 valence electrons. The summed E-state index contributed by atoms with van der Waals surface area (Å²) in [5.41, 5.74) is 0. The van der Waals surface area contributed by atoms with Crippen molar-refractivity contribution in [1.82, 2.24) is 4.72 Å². The highest BCUT2D eigenvalue weighted by atomic mass is 79.9. The molecule has 0 radical (unpaired) electrons. The molecule has 1 heterocycles. The average molecular weight is 412 g/mol. The van der Waals surface area contributed by atoms with Gasteiger partial charge >= 0.3 is 0 Å². The lowest BCUT2D eigenvalue weighted by Gasteiger charge is -2.11. The van der Waals surface area contributed by atoms with E-state index in [0.29, 0.717) is 8.81 Å². The molecule has 0 aromatic carbocycles. The fourth-order valence-corrected chi connectivity index (χ4v) is 5.38. The molecule has 16 heavy (non-hydrogen) atoms. The van der Waals surface area contributed by atoms with E-state index in [1.54, 1.807) is 0 Å². The van der Waals surface area contributed by atoms with Crippen molar-refractivity contribution in [3.05, 3.63) is 14.9 Å². The molecule has 0 aliphatic carbocycles. The summed E-state index contributed by atoms with van der Waals surface area (Å²) in [4.78, 5) is 0. The van der Waals surface area contributed by atoms with Gasteiger partial charge in [-0.15, -0.1) is 11.3 Å². The van der Waals surface area contributed by atoms with Crippen LogP contribution in [0.3, 0.4) is 0 Å². The van der Waals surface area contributed by atoms with Crippen molar-refractivity contribution in [2.24, 2.45) is 0 Å². The van der Waals surface area contributed by atoms with Crippen LogP contribution >= 0.6 is 54.8 Å². The van der Waals surface area contributed by atoms with Crippen molar-refractivity contribution < 1.29 is 8.42 Å². The lowest BCUT2D eigenvalue weighted by atomic mass is 10.3. The molecule has 0 aliphatic rings. The number of sulfonamides is 1. The summed E-state index contributed by atoms with van der Waals surface area (Å²) in [5, 5.41) is 1.17. The number of halogens is 3. The monoisotopic (exact) mass is 409 g/mol. The van der Waals surface area contributed by atoms with E-state index in [0.717, 1.165) is 23.1 Å². The predicted molar refractivity (Wildman–Crippen MR) is 75.2 cm³/mol. The zero-order valence-corrected chi connectivity index (χ0v) is 13.9. The standard InChI is InChI=1S/C8H10Br2ClNO2S2/c1-5(2-3-9)12-16(13,14)7-4-6(11)8(10)15-7/h4-5,12H,2-3H2,1H3. The molecular formula is C8H10Br2ClNO2S2. The van der Waals surface area contributed by atoms with E-state index in [2.05, 4.69) is 36.6 Å². The normalized spacial score (nSPS) is 14.0. The average Bonchev–Trinajstić information content (AvgIpc) is 2.47. The number of alkyl halides is 1. The summed E-state index contributed by atoms with van der Waals surface area (Å²) in [6.07, 6.45) is 0.736. The van der Waals surface area contributed by atoms with E-state index in [-0.39, 0.29) is 10.3 Å². The van der Waals surface area contributed by atoms with Gasteiger partial charge in [-0.2, -0.15) is 0 Å². The molecule has 0 spiro atoms. The number of thiophene rings is 1. The first kappa shape index (κ1) is 14.9. The quantitative estimate of drug-likeness (QED) is 0.753. The van der Waals surface area contributed by atoms with Gasteiger partial charge in [-0.3, -0.25) is 0 Å². The summed E-state index contributed by atoms with van der Waals surface area (Å²) < 4.78 is 27.2. The highest BCUT2D eigenvalue weighted by molar-refractivity contribution is 9.11. The summed E-state index contributed by atoms with van der Waals surface area (Å²) >= 11 is 13.4. The summed E-state index contributed by atoms with van der Waals surface area (Å²) in [6.45, 7) is 1.82. The maximum Gasteiger partial charge on any atom is 0.250 e. The Balaban J connectivity index is 2.86. The molecule has 0 amide bonds. The third-order valence-corrected chi connectivity index (χ3v) is 6.78. The van der Waals surface area contributed by atoms with Gasteiger partial charge in [0.2, 0.25) is 10.0 Å². The molecule has 0 bridgehead atoms. The van der Waals surface area contributed by atoms with Crippen LogP contribution in [0.25, 0.3) is 0 Å². The van der Waals surface area contributed by atoms with Crippen LogP contribution in [0.15, 0.2) is 14.1 Å². The Morgan fingerprint density at radius 3 is 2.69 bits per heavy atom. The van der Waals surface area contributed by atoms with Gasteiger partial charge in [0.25, 0.3) is 0 Å². The molecular weight excluding hydrogens is 401 g/mol. The minimum Gasteiger partial charge on any atom is -0.208 e. The van der Waals surface area contributed by atoms with Crippen molar-refractivity contribution in [1.29, 1.82) is 0 Å². The topological polar surface area (TPSA) is 46.2 Å². The Morgan fingerprint density at radius 2 is 2.25 bits per heavy atom. The predicted octanol–water partition coefficient (Wildman–Crippen LogP) is 3.62. The van der Waals surface area contributed by atoms with Gasteiger partial charge in [0, 0.05) is 11.4 Å². The molecule has 1 unspecified atom stereocenters. The van der Waals surface area contributed by atoms with E-state index < -0.39 is 10.0 Å². The van der Waals surface area contributed by atoms with E-state index in [1.807, 2.05) is 6.92 Å². The van der Waals surface area contributed by atoms with Crippen LogP contribution in [0.4, 0.5) is 0 Å². The van der Waals surface area contributed by atoms with Crippen molar-refractivity contribution in [3.63, 3.8) is 0 Å². The van der Waals surface area contributed by atoms with Gasteiger partial charge in [0.05, 0.1) is 8.81 Å². The van der Waals surface area contributed by atoms with E-state index in [1.165, 1.54) is 6.07 Å². The van der Waals surface area contributed by atoms with Crippen LogP contribution in [0.1, 0.15) is 13.3 Å². The Kier molecular flexibility index (Phi) is 5.74. The van der Waals surface area contributed by atoms with Crippen molar-refractivity contribution in [2.75, 3.05) is 5.33 Å². The van der Waals surface area contributed by atoms with Crippen molar-refractivity contribution >= 4 is 64.8 Å². The van der Waals surface area contributed by atoms with Crippen LogP contribution in [0.5, 0.6) is 0 Å². The molecule has 0 saturated heterocycles. The summed E-state index contributed by atoms with van der Waals surface area (Å²) in [7, 11) is -3.45. The summed E-state index contributed by atoms with van der Waals surface area (Å²) in [6, 6.07) is 1.34. The van der Waals surface area contributed by atoms with E-state index in [4.69, 9.17) is 11.6 Å². The van der Waals surface area contributed by atoms with E-state index >= 15 is 0 Å². The van der Waals surface area contributed by atoms with Crippen LogP contribution in [0.2, 0.25) is 5.02 Å². The third kappa shape index (κ3) is 3.96. The van der Waals surface area contributed by atoms with Crippen LogP contribution < -0.4 is 4.72 Å². The second-order valence-corrected chi connectivity index (χ2v) is 8.70. The molecule has 1 N–H and O–H groups in total. The van der Waals surface area contributed by atoms with Crippen LogP contribution in [0, 0.1) is 0 Å². The Hall–Kier alpha value is 0.860. The first-order valence-electron chi connectivity index (χ1n) is 4.40. The molecule has 1 aromatic rings. The van der Waals surface area contributed by atoms with Gasteiger partial charge in [-0.05, 0) is 35.3 Å². The Bertz CT molecular complexity index is 441. The summed E-state index contributed by atoms with van der Waals surface area (Å²) in [5.74, 6) is 0. The maximum atomic E-state index is 11.9. The Labute approximate surface area is 121 Å². The molecule has 1 atom stereocenters. The molecule has 0 saturated carbocycles. The minimum atomic E-state index is -3.45. The maximum absolute atomic E-state index is 11.9. The minimum absolute atomic E-state index is 0.107. The lowest BCUT2D eigenvalue weighted by Crippen LogP contribution is -2.32. The molecule has 0 fully saturated rings. The van der Waals surface area contributed by atoms with Gasteiger partial charge in [0.15, 0.2) is 0 Å². The highest BCUT2D eigenvalue weighted by Gasteiger charge is 2.20. The van der Waals surface area contributed by atoms with Gasteiger partial charge in [0.1, 0.15) is 4.21 Å². The number of nitrogens with one attached hydrogen (secondary N) is 1. The second-order valence-electron chi connectivity index (χ2n) is 3.19. The molecule has 3 nitrogen and oxygen atoms in total. The zero-order chi connectivity index (χ0) is 12.3. The van der Waals surface area contributed by atoms with Crippen molar-refractivity contribution in [3.8, 4) is 0 Å². The molecule has 1 rings (SSSR count). The number of rotatable bonds is 5. The van der Waals surface area contributed by atoms with Crippen LogP contribution in [-0.2, 0) is 10.0 Å². The molecule has 8 heteroatoms. The first-order chi connectivity index (χ1) is 7.36.